The van der Waals surface area contributed by atoms with Crippen LogP contribution in [-0.4, -0.2) is 37.8 Å². The molecule has 0 aromatic carbocycles. The molecule has 1 N–H and O–H groups in total. The van der Waals surface area contributed by atoms with Gasteiger partial charge in [0.25, 0.3) is 0 Å². The molecule has 2 atom stereocenters. The lowest BCUT2D eigenvalue weighted by Crippen LogP contribution is -2.46. The summed E-state index contributed by atoms with van der Waals surface area (Å²) < 4.78 is 1.92. The summed E-state index contributed by atoms with van der Waals surface area (Å²) in [5.74, 6) is 0.834. The molecule has 0 bridgehead atoms. The molecule has 1 fully saturated rings. The van der Waals surface area contributed by atoms with Crippen molar-refractivity contribution in [2.24, 2.45) is 5.92 Å². The molecule has 0 radical (unpaired) electrons. The van der Waals surface area contributed by atoms with E-state index in [-0.39, 0.29) is 5.54 Å². The number of rotatable bonds is 3. The van der Waals surface area contributed by atoms with Gasteiger partial charge in [-0.25, -0.2) is 9.31 Å². The molecule has 0 aliphatic heterocycles. The predicted molar refractivity (Wildman–Crippen MR) is 85.3 cm³/mol. The van der Waals surface area contributed by atoms with Crippen molar-refractivity contribution in [2.45, 2.75) is 45.6 Å². The third kappa shape index (κ3) is 2.67. The highest BCUT2D eigenvalue weighted by molar-refractivity contribution is 5.66. The lowest BCUT2D eigenvalue weighted by atomic mass is 10.0. The lowest BCUT2D eigenvalue weighted by molar-refractivity contribution is 0.0967. The van der Waals surface area contributed by atoms with Gasteiger partial charge in [0, 0.05) is 18.3 Å². The zero-order valence-corrected chi connectivity index (χ0v) is 13.6. The highest BCUT2D eigenvalue weighted by Gasteiger charge is 2.43. The van der Waals surface area contributed by atoms with Crippen LogP contribution in [0, 0.1) is 12.8 Å². The molecule has 1 aliphatic rings. The van der Waals surface area contributed by atoms with Crippen LogP contribution in [0.25, 0.3) is 5.52 Å². The van der Waals surface area contributed by atoms with Gasteiger partial charge in [-0.2, -0.15) is 5.10 Å². The van der Waals surface area contributed by atoms with E-state index in [0.29, 0.717) is 18.4 Å². The van der Waals surface area contributed by atoms with Crippen molar-refractivity contribution >= 4 is 11.6 Å². The topological polar surface area (TPSA) is 57.8 Å². The Labute approximate surface area is 130 Å². The monoisotopic (exact) mass is 301 g/mol. The Morgan fingerprint density at radius 1 is 1.50 bits per heavy atom. The van der Waals surface area contributed by atoms with Gasteiger partial charge in [0.1, 0.15) is 0 Å². The number of carbonyl (C=O) groups is 1. The second-order valence-electron chi connectivity index (χ2n) is 7.25. The first-order valence-electron chi connectivity index (χ1n) is 7.73. The van der Waals surface area contributed by atoms with Crippen LogP contribution in [-0.2, 0) is 0 Å². The van der Waals surface area contributed by atoms with Crippen molar-refractivity contribution in [3.8, 4) is 0 Å². The molecule has 2 aromatic heterocycles. The summed E-state index contributed by atoms with van der Waals surface area (Å²) in [6, 6.07) is 6.26. The first kappa shape index (κ1) is 14.9. The maximum absolute atomic E-state index is 11.5. The molecule has 118 valence electrons. The van der Waals surface area contributed by atoms with Crippen LogP contribution in [0.15, 0.2) is 24.4 Å². The number of hydrogen-bond donors (Lipinski definition) is 1. The number of aryl methyl sites for hydroxylation is 1. The quantitative estimate of drug-likeness (QED) is 0.943. The van der Waals surface area contributed by atoms with E-state index >= 15 is 0 Å². The van der Waals surface area contributed by atoms with Gasteiger partial charge >= 0.3 is 6.09 Å². The zero-order chi connectivity index (χ0) is 16.1. The number of pyridine rings is 1. The molecule has 5 nitrogen and oxygen atoms in total. The van der Waals surface area contributed by atoms with Crippen LogP contribution >= 0.6 is 0 Å². The molecule has 1 saturated carbocycles. The van der Waals surface area contributed by atoms with E-state index in [2.05, 4.69) is 17.2 Å². The minimum Gasteiger partial charge on any atom is -0.465 e. The molecule has 2 heterocycles. The average molecular weight is 301 g/mol. The maximum atomic E-state index is 11.5. The van der Waals surface area contributed by atoms with Crippen LogP contribution in [0.2, 0.25) is 0 Å². The van der Waals surface area contributed by atoms with E-state index in [1.165, 1.54) is 5.56 Å². The van der Waals surface area contributed by atoms with Crippen molar-refractivity contribution in [3.05, 3.63) is 35.7 Å². The average Bonchev–Trinajstić information content (AvgIpc) is 3.05. The fraction of sp³-hybridized carbons (Fsp3) is 0.529. The van der Waals surface area contributed by atoms with Crippen LogP contribution in [0.4, 0.5) is 4.79 Å². The molecule has 2 aromatic rings. The van der Waals surface area contributed by atoms with Crippen molar-refractivity contribution < 1.29 is 9.90 Å². The van der Waals surface area contributed by atoms with Crippen LogP contribution in [0.1, 0.15) is 44.4 Å². The van der Waals surface area contributed by atoms with Crippen molar-refractivity contribution in [1.29, 1.82) is 0 Å². The Morgan fingerprint density at radius 2 is 2.23 bits per heavy atom. The number of carboxylic acid groups (broad SMARTS) is 1. The smallest absolute Gasteiger partial charge is 0.407 e. The molecular formula is C17H23N3O2. The van der Waals surface area contributed by atoms with Crippen molar-refractivity contribution in [1.82, 2.24) is 14.5 Å². The fourth-order valence-corrected chi connectivity index (χ4v) is 3.18. The molecular weight excluding hydrogens is 278 g/mol. The maximum Gasteiger partial charge on any atom is 0.407 e. The van der Waals surface area contributed by atoms with E-state index < -0.39 is 6.09 Å². The minimum atomic E-state index is -0.837. The Morgan fingerprint density at radius 3 is 2.86 bits per heavy atom. The zero-order valence-electron chi connectivity index (χ0n) is 13.6. The number of hydrogen-bond acceptors (Lipinski definition) is 2. The molecule has 3 rings (SSSR count). The summed E-state index contributed by atoms with van der Waals surface area (Å²) in [7, 11) is 0. The molecule has 22 heavy (non-hydrogen) atoms. The van der Waals surface area contributed by atoms with Gasteiger partial charge < -0.3 is 10.0 Å². The van der Waals surface area contributed by atoms with E-state index in [1.807, 2.05) is 44.5 Å². The molecule has 5 heteroatoms. The summed E-state index contributed by atoms with van der Waals surface area (Å²) in [5, 5.41) is 13.9. The SMILES string of the molecule is Cc1cc2c(C3CC3CN(C(=O)O)C(C)(C)C)cccn2n1. The predicted octanol–water partition coefficient (Wildman–Crippen LogP) is 3.52. The third-order valence-corrected chi connectivity index (χ3v) is 4.44. The Kier molecular flexibility index (Phi) is 3.38. The highest BCUT2D eigenvalue weighted by atomic mass is 16.4. The highest BCUT2D eigenvalue weighted by Crippen LogP contribution is 2.49. The van der Waals surface area contributed by atoms with Gasteiger partial charge in [0.15, 0.2) is 0 Å². The second-order valence-corrected chi connectivity index (χ2v) is 7.25. The van der Waals surface area contributed by atoms with E-state index in [1.54, 1.807) is 4.90 Å². The van der Waals surface area contributed by atoms with Crippen LogP contribution in [0.3, 0.4) is 0 Å². The lowest BCUT2D eigenvalue weighted by Gasteiger charge is -2.33. The Balaban J connectivity index is 1.80. The summed E-state index contributed by atoms with van der Waals surface area (Å²) in [6.07, 6.45) is 2.17. The molecule has 1 amide bonds. The Hall–Kier alpha value is -2.04. The summed E-state index contributed by atoms with van der Waals surface area (Å²) in [6.45, 7) is 8.42. The first-order chi connectivity index (χ1) is 10.3. The van der Waals surface area contributed by atoms with Gasteiger partial charge in [-0.05, 0) is 63.6 Å². The molecule has 2 unspecified atom stereocenters. The van der Waals surface area contributed by atoms with E-state index in [4.69, 9.17) is 0 Å². The van der Waals surface area contributed by atoms with Crippen LogP contribution in [0.5, 0.6) is 0 Å². The fourth-order valence-electron chi connectivity index (χ4n) is 3.18. The van der Waals surface area contributed by atoms with Crippen molar-refractivity contribution in [3.63, 3.8) is 0 Å². The second kappa shape index (κ2) is 5.00. The number of aromatic nitrogens is 2. The van der Waals surface area contributed by atoms with E-state index in [9.17, 15) is 9.90 Å². The van der Waals surface area contributed by atoms with Gasteiger partial charge in [-0.3, -0.25) is 0 Å². The summed E-state index contributed by atoms with van der Waals surface area (Å²) in [4.78, 5) is 13.0. The molecule has 0 saturated heterocycles. The third-order valence-electron chi connectivity index (χ3n) is 4.44. The number of fused-ring (bicyclic) bond motifs is 1. The van der Waals surface area contributed by atoms with E-state index in [0.717, 1.165) is 17.6 Å². The summed E-state index contributed by atoms with van der Waals surface area (Å²) >= 11 is 0. The molecule has 0 spiro atoms. The van der Waals surface area contributed by atoms with Gasteiger partial charge in [-0.15, -0.1) is 0 Å². The number of amides is 1. The number of nitrogens with zero attached hydrogens (tertiary/aromatic N) is 3. The molecule has 1 aliphatic carbocycles. The van der Waals surface area contributed by atoms with Crippen molar-refractivity contribution in [2.75, 3.05) is 6.54 Å². The standard InChI is InChI=1S/C17H23N3O2/c1-11-8-15-13(6-5-7-20(15)18-11)14-9-12(14)10-19(16(21)22)17(2,3)4/h5-8,12,14H,9-10H2,1-4H3,(H,21,22). The van der Waals surface area contributed by atoms with Gasteiger partial charge in [0.05, 0.1) is 11.2 Å². The van der Waals surface area contributed by atoms with Gasteiger partial charge in [0.2, 0.25) is 0 Å². The first-order valence-corrected chi connectivity index (χ1v) is 7.73. The summed E-state index contributed by atoms with van der Waals surface area (Å²) in [5.41, 5.74) is 3.07. The van der Waals surface area contributed by atoms with Crippen LogP contribution < -0.4 is 0 Å². The normalized spacial score (nSPS) is 21.1. The largest absolute Gasteiger partial charge is 0.465 e. The van der Waals surface area contributed by atoms with Gasteiger partial charge in [-0.1, -0.05) is 6.07 Å². The minimum absolute atomic E-state index is 0.363. The Bertz CT molecular complexity index is 714.